The fourth-order valence-electron chi connectivity index (χ4n) is 4.78. The van der Waals surface area contributed by atoms with Gasteiger partial charge in [0.1, 0.15) is 5.82 Å². The molecule has 184 valence electrons. The minimum atomic E-state index is 0.236. The molecule has 1 aliphatic heterocycles. The van der Waals surface area contributed by atoms with Gasteiger partial charge < -0.3 is 11.1 Å². The van der Waals surface area contributed by atoms with E-state index in [0.717, 1.165) is 38.3 Å². The maximum atomic E-state index is 6.03. The Morgan fingerprint density at radius 2 is 1.39 bits per heavy atom. The van der Waals surface area contributed by atoms with Gasteiger partial charge >= 0.3 is 0 Å². The Hall–Kier alpha value is -3.81. The molecule has 2 heterocycles. The zero-order valence-corrected chi connectivity index (χ0v) is 20.7. The monoisotopic (exact) mass is 479 g/mol. The summed E-state index contributed by atoms with van der Waals surface area (Å²) in [6, 6.07) is 30.1. The zero-order valence-electron chi connectivity index (χ0n) is 20.7. The van der Waals surface area contributed by atoms with Crippen LogP contribution in [-0.2, 0) is 13.0 Å². The Balaban J connectivity index is 1.25. The second kappa shape index (κ2) is 11.3. The molecule has 0 spiro atoms. The van der Waals surface area contributed by atoms with Crippen LogP contribution in [0.15, 0.2) is 84.9 Å². The topological polar surface area (TPSA) is 83.2 Å². The van der Waals surface area contributed by atoms with E-state index < -0.39 is 0 Å². The molecule has 5 rings (SSSR count). The molecule has 0 amide bonds. The van der Waals surface area contributed by atoms with Crippen molar-refractivity contribution in [3.8, 4) is 0 Å². The molecule has 3 N–H and O–H groups in total. The number of rotatable bonds is 8. The van der Waals surface area contributed by atoms with Gasteiger partial charge in [-0.2, -0.15) is 15.0 Å². The third kappa shape index (κ3) is 5.87. The molecule has 1 aliphatic rings. The van der Waals surface area contributed by atoms with E-state index in [-0.39, 0.29) is 12.0 Å². The minimum absolute atomic E-state index is 0.236. The Labute approximate surface area is 213 Å². The first-order chi connectivity index (χ1) is 17.7. The second-order valence-electron chi connectivity index (χ2n) is 9.14. The molecule has 36 heavy (non-hydrogen) atoms. The van der Waals surface area contributed by atoms with Crippen LogP contribution in [0.3, 0.4) is 0 Å². The molecule has 1 saturated heterocycles. The van der Waals surface area contributed by atoms with Crippen LogP contribution in [0.1, 0.15) is 35.5 Å². The van der Waals surface area contributed by atoms with Crippen LogP contribution >= 0.6 is 0 Å². The van der Waals surface area contributed by atoms with Crippen molar-refractivity contribution in [3.05, 3.63) is 107 Å². The number of anilines is 3. The number of nitrogens with one attached hydrogen (secondary N) is 1. The molecule has 1 fully saturated rings. The van der Waals surface area contributed by atoms with Crippen molar-refractivity contribution in [1.29, 1.82) is 0 Å². The van der Waals surface area contributed by atoms with E-state index in [1.54, 1.807) is 0 Å². The summed E-state index contributed by atoms with van der Waals surface area (Å²) in [5, 5.41) is 3.26. The van der Waals surface area contributed by atoms with Gasteiger partial charge in [0.2, 0.25) is 11.9 Å². The van der Waals surface area contributed by atoms with Crippen LogP contribution in [0.5, 0.6) is 0 Å². The molecule has 7 nitrogen and oxygen atoms in total. The summed E-state index contributed by atoms with van der Waals surface area (Å²) in [6.45, 7) is 6.58. The molecule has 1 aromatic heterocycles. The number of aryl methyl sites for hydroxylation is 1. The van der Waals surface area contributed by atoms with Crippen molar-refractivity contribution < 1.29 is 0 Å². The SMILES string of the molecule is CCc1ccc(Nc2nc(N)nc(CN3CCN(C(c4ccccc4)c4ccccc4)CC3)n2)cc1. The van der Waals surface area contributed by atoms with Crippen molar-refractivity contribution in [2.45, 2.75) is 25.9 Å². The van der Waals surface area contributed by atoms with Crippen molar-refractivity contribution in [1.82, 2.24) is 24.8 Å². The fraction of sp³-hybridized carbons (Fsp3) is 0.276. The highest BCUT2D eigenvalue weighted by atomic mass is 15.3. The van der Waals surface area contributed by atoms with Gasteiger partial charge in [0.15, 0.2) is 0 Å². The van der Waals surface area contributed by atoms with E-state index in [1.807, 2.05) is 12.1 Å². The Morgan fingerprint density at radius 1 is 0.778 bits per heavy atom. The predicted molar refractivity (Wildman–Crippen MR) is 145 cm³/mol. The van der Waals surface area contributed by atoms with Gasteiger partial charge in [-0.25, -0.2) is 0 Å². The van der Waals surface area contributed by atoms with Gasteiger partial charge in [-0.3, -0.25) is 9.80 Å². The van der Waals surface area contributed by atoms with Crippen molar-refractivity contribution in [2.24, 2.45) is 0 Å². The summed E-state index contributed by atoms with van der Waals surface area (Å²) >= 11 is 0. The normalized spacial score (nSPS) is 14.7. The Kier molecular flexibility index (Phi) is 7.50. The number of aromatic nitrogens is 3. The minimum Gasteiger partial charge on any atom is -0.368 e. The number of hydrogen-bond acceptors (Lipinski definition) is 7. The standard InChI is InChI=1S/C29H33N7/c1-2-22-13-15-25(16-14-22)31-29-33-26(32-28(30)34-29)21-35-17-19-36(20-18-35)27(23-9-5-3-6-10-23)24-11-7-4-8-12-24/h3-16,27H,2,17-21H2,1H3,(H3,30,31,32,33,34). The van der Waals surface area contributed by atoms with Crippen molar-refractivity contribution in [2.75, 3.05) is 37.2 Å². The summed E-state index contributed by atoms with van der Waals surface area (Å²) in [4.78, 5) is 18.3. The summed E-state index contributed by atoms with van der Waals surface area (Å²) < 4.78 is 0. The lowest BCUT2D eigenvalue weighted by molar-refractivity contribution is 0.103. The summed E-state index contributed by atoms with van der Waals surface area (Å²) in [7, 11) is 0. The third-order valence-corrected chi connectivity index (χ3v) is 6.69. The average Bonchev–Trinajstić information content (AvgIpc) is 2.91. The molecule has 0 unspecified atom stereocenters. The van der Waals surface area contributed by atoms with E-state index >= 15 is 0 Å². The lowest BCUT2D eigenvalue weighted by atomic mass is 9.96. The molecule has 0 radical (unpaired) electrons. The lowest BCUT2D eigenvalue weighted by Gasteiger charge is -2.39. The van der Waals surface area contributed by atoms with E-state index in [9.17, 15) is 0 Å². The van der Waals surface area contributed by atoms with Crippen LogP contribution in [-0.4, -0.2) is 50.9 Å². The third-order valence-electron chi connectivity index (χ3n) is 6.69. The van der Waals surface area contributed by atoms with Crippen LogP contribution in [0.4, 0.5) is 17.6 Å². The highest BCUT2D eigenvalue weighted by Crippen LogP contribution is 2.29. The molecule has 4 aromatic rings. The summed E-state index contributed by atoms with van der Waals surface area (Å²) in [5.74, 6) is 1.40. The zero-order chi connectivity index (χ0) is 24.7. The number of piperazine rings is 1. The predicted octanol–water partition coefficient (Wildman–Crippen LogP) is 4.67. The summed E-state index contributed by atoms with van der Waals surface area (Å²) in [5.41, 5.74) is 10.9. The van der Waals surface area contributed by atoms with Gasteiger partial charge in [-0.1, -0.05) is 79.7 Å². The van der Waals surface area contributed by atoms with Crippen LogP contribution in [0.25, 0.3) is 0 Å². The van der Waals surface area contributed by atoms with Crippen LogP contribution in [0, 0.1) is 0 Å². The van der Waals surface area contributed by atoms with E-state index in [4.69, 9.17) is 5.73 Å². The van der Waals surface area contributed by atoms with E-state index in [2.05, 4.69) is 110 Å². The first kappa shape index (κ1) is 23.9. The quantitative estimate of drug-likeness (QED) is 0.380. The van der Waals surface area contributed by atoms with Crippen LogP contribution in [0.2, 0.25) is 0 Å². The second-order valence-corrected chi connectivity index (χ2v) is 9.14. The number of hydrogen-bond donors (Lipinski definition) is 2. The maximum Gasteiger partial charge on any atom is 0.232 e. The molecule has 0 saturated carbocycles. The lowest BCUT2D eigenvalue weighted by Crippen LogP contribution is -2.47. The smallest absolute Gasteiger partial charge is 0.232 e. The molecule has 0 aliphatic carbocycles. The van der Waals surface area contributed by atoms with Crippen molar-refractivity contribution in [3.63, 3.8) is 0 Å². The van der Waals surface area contributed by atoms with Gasteiger partial charge in [-0.05, 0) is 35.2 Å². The number of nitrogen functional groups attached to an aromatic ring is 1. The molecule has 3 aromatic carbocycles. The molecule has 7 heteroatoms. The van der Waals surface area contributed by atoms with Gasteiger partial charge in [-0.15, -0.1) is 0 Å². The highest BCUT2D eigenvalue weighted by molar-refractivity contribution is 5.54. The molecule has 0 bridgehead atoms. The number of benzene rings is 3. The van der Waals surface area contributed by atoms with Gasteiger partial charge in [0, 0.05) is 31.9 Å². The fourth-order valence-corrected chi connectivity index (χ4v) is 4.78. The molecule has 0 atom stereocenters. The first-order valence-electron chi connectivity index (χ1n) is 12.6. The Bertz CT molecular complexity index is 1200. The maximum absolute atomic E-state index is 6.03. The number of nitrogens with zero attached hydrogens (tertiary/aromatic N) is 5. The largest absolute Gasteiger partial charge is 0.368 e. The summed E-state index contributed by atoms with van der Waals surface area (Å²) in [6.07, 6.45) is 1.01. The number of nitrogens with two attached hydrogens (primary N) is 1. The van der Waals surface area contributed by atoms with E-state index in [1.165, 1.54) is 16.7 Å². The highest BCUT2D eigenvalue weighted by Gasteiger charge is 2.26. The first-order valence-corrected chi connectivity index (χ1v) is 12.6. The molecular formula is C29H33N7. The average molecular weight is 480 g/mol. The molecular weight excluding hydrogens is 446 g/mol. The van der Waals surface area contributed by atoms with Gasteiger partial charge in [0.05, 0.1) is 12.6 Å². The van der Waals surface area contributed by atoms with Gasteiger partial charge in [0.25, 0.3) is 0 Å². The van der Waals surface area contributed by atoms with Crippen molar-refractivity contribution >= 4 is 17.6 Å². The Morgan fingerprint density at radius 3 is 1.97 bits per heavy atom. The van der Waals surface area contributed by atoms with Crippen LogP contribution < -0.4 is 11.1 Å². The van der Waals surface area contributed by atoms with E-state index in [0.29, 0.717) is 18.3 Å².